The summed E-state index contributed by atoms with van der Waals surface area (Å²) in [6.07, 6.45) is -4.86. The lowest BCUT2D eigenvalue weighted by Gasteiger charge is -2.19. The Morgan fingerprint density at radius 2 is 1.47 bits per heavy atom. The summed E-state index contributed by atoms with van der Waals surface area (Å²) in [6.45, 7) is -1.63. The summed E-state index contributed by atoms with van der Waals surface area (Å²) in [5.41, 5.74) is 2.12. The minimum Gasteiger partial charge on any atom is -0.484 e. The average Bonchev–Trinajstić information content (AvgIpc) is 2.74. The monoisotopic (exact) mass is 415 g/mol. The third kappa shape index (κ3) is 6.63. The van der Waals surface area contributed by atoms with Crippen molar-refractivity contribution in [2.24, 2.45) is 0 Å². The number of benzene rings is 3. The van der Waals surface area contributed by atoms with Crippen molar-refractivity contribution in [3.63, 3.8) is 0 Å². The van der Waals surface area contributed by atoms with Gasteiger partial charge in [0.2, 0.25) is 5.91 Å². The topological polar surface area (TPSA) is 47.6 Å². The summed E-state index contributed by atoms with van der Waals surface area (Å²) < 4.78 is 47.5. The third-order valence-corrected chi connectivity index (χ3v) is 4.11. The highest BCUT2D eigenvalue weighted by Crippen LogP contribution is 2.26. The number of rotatable bonds is 8. The second-order valence-corrected chi connectivity index (χ2v) is 6.49. The van der Waals surface area contributed by atoms with Crippen LogP contribution in [0.15, 0.2) is 84.9 Å². The van der Waals surface area contributed by atoms with Crippen LogP contribution in [0, 0.1) is 0 Å². The molecule has 0 fully saturated rings. The Kier molecular flexibility index (Phi) is 7.08. The van der Waals surface area contributed by atoms with Gasteiger partial charge in [-0.15, -0.1) is 0 Å². The van der Waals surface area contributed by atoms with Gasteiger partial charge in [0.25, 0.3) is 0 Å². The Balaban J connectivity index is 1.62. The first kappa shape index (κ1) is 21.4. The van der Waals surface area contributed by atoms with Gasteiger partial charge in [-0.25, -0.2) is 0 Å². The molecular weight excluding hydrogens is 395 g/mol. The van der Waals surface area contributed by atoms with Crippen molar-refractivity contribution in [3.8, 4) is 5.75 Å². The highest BCUT2D eigenvalue weighted by molar-refractivity contribution is 5.91. The van der Waals surface area contributed by atoms with E-state index in [0.29, 0.717) is 5.69 Å². The van der Waals surface area contributed by atoms with Crippen molar-refractivity contribution in [1.82, 2.24) is 0 Å². The second kappa shape index (κ2) is 9.93. The molecule has 0 atom stereocenters. The van der Waals surface area contributed by atoms with Crippen LogP contribution < -0.4 is 10.1 Å². The molecule has 0 saturated carbocycles. The summed E-state index contributed by atoms with van der Waals surface area (Å²) in [5.74, 6) is -0.419. The number of amides is 1. The standard InChI is InChI=1S/C23H20F3NO3/c24-23(25,26)16-30-20-13-7-12-19(14-20)27-21(28)15-29-22(17-8-3-1-4-9-17)18-10-5-2-6-11-18/h1-14,22H,15-16H2,(H,27,28). The van der Waals surface area contributed by atoms with E-state index in [2.05, 4.69) is 5.32 Å². The van der Waals surface area contributed by atoms with Crippen LogP contribution in [0.25, 0.3) is 0 Å². The van der Waals surface area contributed by atoms with E-state index in [4.69, 9.17) is 9.47 Å². The molecule has 0 unspecified atom stereocenters. The molecule has 0 aromatic heterocycles. The van der Waals surface area contributed by atoms with Crippen LogP contribution in [-0.2, 0) is 9.53 Å². The molecular formula is C23H20F3NO3. The smallest absolute Gasteiger partial charge is 0.422 e. The Hall–Kier alpha value is -3.32. The van der Waals surface area contributed by atoms with Crippen molar-refractivity contribution in [1.29, 1.82) is 0 Å². The molecule has 3 aromatic carbocycles. The second-order valence-electron chi connectivity index (χ2n) is 6.49. The normalized spacial score (nSPS) is 11.3. The molecule has 0 aliphatic rings. The molecule has 4 nitrogen and oxygen atoms in total. The molecule has 156 valence electrons. The number of carbonyl (C=O) groups excluding carboxylic acids is 1. The van der Waals surface area contributed by atoms with E-state index < -0.39 is 24.8 Å². The van der Waals surface area contributed by atoms with Crippen molar-refractivity contribution < 1.29 is 27.4 Å². The van der Waals surface area contributed by atoms with Gasteiger partial charge in [0, 0.05) is 11.8 Å². The zero-order valence-electron chi connectivity index (χ0n) is 15.9. The van der Waals surface area contributed by atoms with Crippen LogP contribution in [0.1, 0.15) is 17.2 Å². The number of alkyl halides is 3. The van der Waals surface area contributed by atoms with Gasteiger partial charge in [-0.05, 0) is 23.3 Å². The average molecular weight is 415 g/mol. The fourth-order valence-corrected chi connectivity index (χ4v) is 2.83. The van der Waals surface area contributed by atoms with Gasteiger partial charge in [0.15, 0.2) is 6.61 Å². The number of anilines is 1. The zero-order chi connectivity index (χ0) is 21.4. The van der Waals surface area contributed by atoms with Gasteiger partial charge in [-0.2, -0.15) is 13.2 Å². The van der Waals surface area contributed by atoms with E-state index in [0.717, 1.165) is 11.1 Å². The van der Waals surface area contributed by atoms with Crippen LogP contribution in [0.2, 0.25) is 0 Å². The molecule has 3 aromatic rings. The molecule has 0 aliphatic heterocycles. The predicted molar refractivity (Wildman–Crippen MR) is 107 cm³/mol. The van der Waals surface area contributed by atoms with Gasteiger partial charge >= 0.3 is 6.18 Å². The van der Waals surface area contributed by atoms with E-state index in [1.807, 2.05) is 60.7 Å². The number of ether oxygens (including phenoxy) is 2. The number of halogens is 3. The van der Waals surface area contributed by atoms with Crippen LogP contribution >= 0.6 is 0 Å². The van der Waals surface area contributed by atoms with Gasteiger partial charge in [-0.3, -0.25) is 4.79 Å². The molecule has 0 saturated heterocycles. The molecule has 0 heterocycles. The fourth-order valence-electron chi connectivity index (χ4n) is 2.83. The Morgan fingerprint density at radius 1 is 0.867 bits per heavy atom. The lowest BCUT2D eigenvalue weighted by atomic mass is 10.0. The predicted octanol–water partition coefficient (Wildman–Crippen LogP) is 5.37. The summed E-state index contributed by atoms with van der Waals surface area (Å²) >= 11 is 0. The Bertz CT molecular complexity index is 907. The maximum Gasteiger partial charge on any atom is 0.422 e. The van der Waals surface area contributed by atoms with E-state index in [9.17, 15) is 18.0 Å². The van der Waals surface area contributed by atoms with Gasteiger partial charge < -0.3 is 14.8 Å². The zero-order valence-corrected chi connectivity index (χ0v) is 15.9. The minimum atomic E-state index is -4.43. The summed E-state index contributed by atoms with van der Waals surface area (Å²) in [6, 6.07) is 24.8. The summed E-state index contributed by atoms with van der Waals surface area (Å²) in [7, 11) is 0. The maximum atomic E-state index is 12.4. The molecule has 0 aliphatic carbocycles. The molecule has 1 amide bonds. The number of hydrogen-bond acceptors (Lipinski definition) is 3. The highest BCUT2D eigenvalue weighted by Gasteiger charge is 2.28. The molecule has 3 rings (SSSR count). The Labute approximate surface area is 172 Å². The Morgan fingerprint density at radius 3 is 2.03 bits per heavy atom. The fraction of sp³-hybridized carbons (Fsp3) is 0.174. The molecule has 0 spiro atoms. The summed E-state index contributed by atoms with van der Waals surface area (Å²) in [5, 5.41) is 2.61. The van der Waals surface area contributed by atoms with E-state index >= 15 is 0 Å². The maximum absolute atomic E-state index is 12.4. The number of nitrogens with one attached hydrogen (secondary N) is 1. The van der Waals surface area contributed by atoms with Crippen LogP contribution in [0.5, 0.6) is 5.75 Å². The lowest BCUT2D eigenvalue weighted by molar-refractivity contribution is -0.153. The third-order valence-electron chi connectivity index (χ3n) is 4.11. The van der Waals surface area contributed by atoms with Gasteiger partial charge in [0.1, 0.15) is 18.5 Å². The highest BCUT2D eigenvalue weighted by atomic mass is 19.4. The van der Waals surface area contributed by atoms with E-state index in [1.54, 1.807) is 6.07 Å². The molecule has 0 bridgehead atoms. The van der Waals surface area contributed by atoms with Crippen molar-refractivity contribution in [3.05, 3.63) is 96.1 Å². The largest absolute Gasteiger partial charge is 0.484 e. The summed E-state index contributed by atoms with van der Waals surface area (Å²) in [4.78, 5) is 12.4. The molecule has 0 radical (unpaired) electrons. The lowest BCUT2D eigenvalue weighted by Crippen LogP contribution is -2.21. The van der Waals surface area contributed by atoms with Crippen molar-refractivity contribution >= 4 is 11.6 Å². The van der Waals surface area contributed by atoms with Crippen LogP contribution in [0.3, 0.4) is 0 Å². The van der Waals surface area contributed by atoms with E-state index in [1.165, 1.54) is 18.2 Å². The van der Waals surface area contributed by atoms with E-state index in [-0.39, 0.29) is 12.4 Å². The van der Waals surface area contributed by atoms with Crippen LogP contribution in [0.4, 0.5) is 18.9 Å². The minimum absolute atomic E-state index is 0.0116. The molecule has 30 heavy (non-hydrogen) atoms. The SMILES string of the molecule is O=C(COC(c1ccccc1)c1ccccc1)Nc1cccc(OCC(F)(F)F)c1. The quantitative estimate of drug-likeness (QED) is 0.538. The number of hydrogen-bond donors (Lipinski definition) is 1. The molecule has 1 N–H and O–H groups in total. The van der Waals surface area contributed by atoms with Crippen molar-refractivity contribution in [2.45, 2.75) is 12.3 Å². The van der Waals surface area contributed by atoms with Gasteiger partial charge in [0.05, 0.1) is 0 Å². The van der Waals surface area contributed by atoms with Crippen molar-refractivity contribution in [2.75, 3.05) is 18.5 Å². The van der Waals surface area contributed by atoms with Crippen LogP contribution in [-0.4, -0.2) is 25.3 Å². The first-order valence-corrected chi connectivity index (χ1v) is 9.22. The molecule has 7 heteroatoms. The first-order chi connectivity index (χ1) is 14.4. The van der Waals surface area contributed by atoms with Gasteiger partial charge in [-0.1, -0.05) is 66.7 Å². The number of carbonyl (C=O) groups is 1. The first-order valence-electron chi connectivity index (χ1n) is 9.22.